The highest BCUT2D eigenvalue weighted by molar-refractivity contribution is 6.18. The van der Waals surface area contributed by atoms with Crippen LogP contribution in [0.1, 0.15) is 0 Å². The Balaban J connectivity index is 1.09. The molecule has 0 amide bonds. The van der Waals surface area contributed by atoms with Gasteiger partial charge >= 0.3 is 0 Å². The minimum Gasteiger partial charge on any atom is -0.455 e. The Hall–Kier alpha value is -7.11. The molecule has 0 atom stereocenters. The highest BCUT2D eigenvalue weighted by Crippen LogP contribution is 2.53. The average Bonchev–Trinajstić information content (AvgIpc) is 3.60. The van der Waals surface area contributed by atoms with Crippen LogP contribution in [0.3, 0.4) is 0 Å². The van der Waals surface area contributed by atoms with Gasteiger partial charge in [-0.3, -0.25) is 0 Å². The first-order valence-electron chi connectivity index (χ1n) is 17.5. The van der Waals surface area contributed by atoms with Crippen molar-refractivity contribution in [2.24, 2.45) is 0 Å². The Labute approximate surface area is 299 Å². The summed E-state index contributed by atoms with van der Waals surface area (Å²) < 4.78 is 6.41. The van der Waals surface area contributed by atoms with Gasteiger partial charge in [0.05, 0.1) is 16.9 Å². The first-order chi connectivity index (χ1) is 25.8. The summed E-state index contributed by atoms with van der Waals surface area (Å²) in [6, 6.07) is 59.3. The summed E-state index contributed by atoms with van der Waals surface area (Å²) in [4.78, 5) is 17.6. The second-order valence-electron chi connectivity index (χ2n) is 13.2. The van der Waals surface area contributed by atoms with Crippen LogP contribution < -0.4 is 4.90 Å². The molecule has 0 bridgehead atoms. The molecule has 1 aliphatic rings. The molecule has 3 heterocycles. The molecule has 2 aromatic heterocycles. The number of hydrogen-bond donors (Lipinski definition) is 0. The van der Waals surface area contributed by atoms with Gasteiger partial charge in [0.25, 0.3) is 0 Å². The van der Waals surface area contributed by atoms with E-state index in [-0.39, 0.29) is 0 Å². The highest BCUT2D eigenvalue weighted by atomic mass is 16.3. The Morgan fingerprint density at radius 1 is 0.404 bits per heavy atom. The molecule has 242 valence electrons. The van der Waals surface area contributed by atoms with Gasteiger partial charge in [-0.15, -0.1) is 0 Å². The maximum Gasteiger partial charge on any atom is 0.167 e. The van der Waals surface area contributed by atoms with Crippen LogP contribution in [0.25, 0.3) is 88.8 Å². The largest absolute Gasteiger partial charge is 0.455 e. The minimum absolute atomic E-state index is 0.567. The number of anilines is 3. The fraction of sp³-hybridized carbons (Fsp3) is 0. The number of fused-ring (bicyclic) bond motifs is 7. The smallest absolute Gasteiger partial charge is 0.167 e. The van der Waals surface area contributed by atoms with Gasteiger partial charge in [-0.05, 0) is 58.8 Å². The van der Waals surface area contributed by atoms with Crippen LogP contribution in [-0.2, 0) is 0 Å². The van der Waals surface area contributed by atoms with Crippen molar-refractivity contribution in [1.82, 2.24) is 15.0 Å². The summed E-state index contributed by atoms with van der Waals surface area (Å²) in [5.41, 5.74) is 10.1. The number of para-hydroxylation sites is 2. The molecular weight excluding hydrogens is 637 g/mol. The molecule has 0 unspecified atom stereocenters. The van der Waals surface area contributed by atoms with Crippen LogP contribution in [0.15, 0.2) is 174 Å². The number of rotatable bonds is 4. The fourth-order valence-corrected chi connectivity index (χ4v) is 7.86. The summed E-state index contributed by atoms with van der Waals surface area (Å²) >= 11 is 0. The van der Waals surface area contributed by atoms with E-state index < -0.39 is 0 Å². The van der Waals surface area contributed by atoms with Crippen molar-refractivity contribution in [3.05, 3.63) is 170 Å². The van der Waals surface area contributed by atoms with Crippen molar-refractivity contribution in [3.8, 4) is 45.3 Å². The first kappa shape index (κ1) is 28.7. The molecule has 8 aromatic carbocycles. The van der Waals surface area contributed by atoms with Crippen LogP contribution >= 0.6 is 0 Å². The summed E-state index contributed by atoms with van der Waals surface area (Å²) in [5, 5.41) is 7.00. The number of furan rings is 1. The standard InChI is InChI=1S/C47H28N4O/c1-2-12-31(13-3-1)45-48-46(50-47(49-45)39-20-10-19-38-35-17-6-7-22-41(35)52-44(38)39)32-23-26-33(27-24-32)51-40-21-9-15-30-14-8-18-36(42(30)40)37-28-25-29-11-4-5-16-34(29)43(37)51/h1-28H. The zero-order chi connectivity index (χ0) is 34.2. The van der Waals surface area contributed by atoms with E-state index >= 15 is 0 Å². The Bertz CT molecular complexity index is 3020. The van der Waals surface area contributed by atoms with Crippen molar-refractivity contribution in [3.63, 3.8) is 0 Å². The quantitative estimate of drug-likeness (QED) is 0.187. The summed E-state index contributed by atoms with van der Waals surface area (Å²) in [6.07, 6.45) is 0. The van der Waals surface area contributed by atoms with Gasteiger partial charge < -0.3 is 9.32 Å². The second-order valence-corrected chi connectivity index (χ2v) is 13.2. The van der Waals surface area contributed by atoms with Gasteiger partial charge in [0.15, 0.2) is 17.5 Å². The van der Waals surface area contributed by atoms with Crippen molar-refractivity contribution >= 4 is 60.5 Å². The van der Waals surface area contributed by atoms with E-state index in [4.69, 9.17) is 19.4 Å². The molecule has 0 aliphatic carbocycles. The molecule has 11 rings (SSSR count). The van der Waals surface area contributed by atoms with E-state index in [1.54, 1.807) is 0 Å². The van der Waals surface area contributed by atoms with Crippen LogP contribution in [0.2, 0.25) is 0 Å². The Morgan fingerprint density at radius 3 is 1.88 bits per heavy atom. The second kappa shape index (κ2) is 11.2. The molecule has 0 N–H and O–H groups in total. The molecule has 0 saturated heterocycles. The normalized spacial score (nSPS) is 12.2. The van der Waals surface area contributed by atoms with E-state index in [0.29, 0.717) is 17.5 Å². The number of aromatic nitrogens is 3. The lowest BCUT2D eigenvalue weighted by atomic mass is 9.88. The van der Waals surface area contributed by atoms with Crippen molar-refractivity contribution in [2.45, 2.75) is 0 Å². The highest BCUT2D eigenvalue weighted by Gasteiger charge is 2.28. The van der Waals surface area contributed by atoms with Crippen LogP contribution in [0.4, 0.5) is 17.1 Å². The molecule has 1 aliphatic heterocycles. The molecule has 0 spiro atoms. The van der Waals surface area contributed by atoms with Gasteiger partial charge in [0, 0.05) is 43.9 Å². The SMILES string of the molecule is c1ccc(-c2nc(-c3ccc(N4c5c(ccc6ccccc56)-c5cccc6cccc4c56)cc3)nc(-c3cccc4c3oc3ccccc34)n2)cc1. The van der Waals surface area contributed by atoms with Crippen molar-refractivity contribution in [1.29, 1.82) is 0 Å². The van der Waals surface area contributed by atoms with E-state index in [2.05, 4.69) is 114 Å². The van der Waals surface area contributed by atoms with Gasteiger partial charge in [0.1, 0.15) is 11.2 Å². The number of benzene rings is 8. The maximum absolute atomic E-state index is 6.41. The zero-order valence-corrected chi connectivity index (χ0v) is 27.9. The molecule has 10 aromatic rings. The van der Waals surface area contributed by atoms with E-state index in [9.17, 15) is 0 Å². The average molecular weight is 665 g/mol. The van der Waals surface area contributed by atoms with E-state index in [1.165, 1.54) is 38.4 Å². The van der Waals surface area contributed by atoms with Gasteiger partial charge in [-0.1, -0.05) is 127 Å². The monoisotopic (exact) mass is 664 g/mol. The number of hydrogen-bond acceptors (Lipinski definition) is 5. The summed E-state index contributed by atoms with van der Waals surface area (Å²) in [7, 11) is 0. The predicted molar refractivity (Wildman–Crippen MR) is 212 cm³/mol. The lowest BCUT2D eigenvalue weighted by Gasteiger charge is -2.34. The van der Waals surface area contributed by atoms with Crippen LogP contribution in [0.5, 0.6) is 0 Å². The molecule has 0 saturated carbocycles. The third kappa shape index (κ3) is 4.33. The molecule has 5 heteroatoms. The van der Waals surface area contributed by atoms with Crippen molar-refractivity contribution < 1.29 is 4.42 Å². The van der Waals surface area contributed by atoms with Crippen molar-refractivity contribution in [2.75, 3.05) is 4.90 Å². The molecule has 0 fully saturated rings. The molecule has 0 radical (unpaired) electrons. The third-order valence-electron chi connectivity index (χ3n) is 10.2. The van der Waals surface area contributed by atoms with Crippen LogP contribution in [-0.4, -0.2) is 15.0 Å². The van der Waals surface area contributed by atoms with Gasteiger partial charge in [-0.2, -0.15) is 0 Å². The van der Waals surface area contributed by atoms with Gasteiger partial charge in [-0.25, -0.2) is 15.0 Å². The first-order valence-corrected chi connectivity index (χ1v) is 17.5. The van der Waals surface area contributed by atoms with Gasteiger partial charge in [0.2, 0.25) is 0 Å². The van der Waals surface area contributed by atoms with E-state index in [1.807, 2.05) is 60.7 Å². The Morgan fingerprint density at radius 2 is 1.04 bits per heavy atom. The molecule has 5 nitrogen and oxygen atoms in total. The topological polar surface area (TPSA) is 55.1 Å². The Kier molecular flexibility index (Phi) is 6.18. The van der Waals surface area contributed by atoms with Crippen LogP contribution in [0, 0.1) is 0 Å². The summed E-state index contributed by atoms with van der Waals surface area (Å²) in [6.45, 7) is 0. The van der Waals surface area contributed by atoms with E-state index in [0.717, 1.165) is 50.0 Å². The molecule has 52 heavy (non-hydrogen) atoms. The minimum atomic E-state index is 0.567. The third-order valence-corrected chi connectivity index (χ3v) is 10.2. The predicted octanol–water partition coefficient (Wildman–Crippen LogP) is 12.5. The fourth-order valence-electron chi connectivity index (χ4n) is 7.86. The maximum atomic E-state index is 6.41. The lowest BCUT2D eigenvalue weighted by Crippen LogP contribution is -2.15. The lowest BCUT2D eigenvalue weighted by molar-refractivity contribution is 0.669. The summed E-state index contributed by atoms with van der Waals surface area (Å²) in [5.74, 6) is 1.77. The number of nitrogens with zero attached hydrogens (tertiary/aromatic N) is 4. The zero-order valence-electron chi connectivity index (χ0n) is 27.9. The molecular formula is C47H28N4O.